The number of nitrogens with one attached hydrogen (secondary N) is 3. The van der Waals surface area contributed by atoms with Crippen LogP contribution in [-0.4, -0.2) is 24.6 Å². The van der Waals surface area contributed by atoms with E-state index in [1.807, 2.05) is 37.3 Å². The Kier molecular flexibility index (Phi) is 6.54. The Bertz CT molecular complexity index is 788. The molecule has 0 aromatic heterocycles. The fourth-order valence-corrected chi connectivity index (χ4v) is 2.18. The number of hydrazone groups is 1. The molecule has 0 aliphatic rings. The fourth-order valence-electron chi connectivity index (χ4n) is 2.00. The van der Waals surface area contributed by atoms with Crippen LogP contribution in [0.5, 0.6) is 0 Å². The van der Waals surface area contributed by atoms with Gasteiger partial charge in [0, 0.05) is 28.5 Å². The van der Waals surface area contributed by atoms with E-state index >= 15 is 0 Å². The van der Waals surface area contributed by atoms with Gasteiger partial charge in [0.15, 0.2) is 0 Å². The summed E-state index contributed by atoms with van der Waals surface area (Å²) >= 11 is 6.03. The molecule has 0 heterocycles. The van der Waals surface area contributed by atoms with Gasteiger partial charge < -0.3 is 10.6 Å². The van der Waals surface area contributed by atoms with Gasteiger partial charge in [-0.05, 0) is 44.2 Å². The third kappa shape index (κ3) is 5.61. The molecule has 0 unspecified atom stereocenters. The van der Waals surface area contributed by atoms with Crippen molar-refractivity contribution in [3.8, 4) is 0 Å². The number of benzene rings is 2. The van der Waals surface area contributed by atoms with Crippen LogP contribution in [0.2, 0.25) is 5.02 Å². The van der Waals surface area contributed by atoms with E-state index in [0.29, 0.717) is 17.1 Å². The molecule has 0 fully saturated rings. The third-order valence-electron chi connectivity index (χ3n) is 3.26. The SMILES string of the molecule is CCNC(=O)C(=O)N/N=C\c1cc(Cl)ccc1Nc1ccc(C)cc1. The summed E-state index contributed by atoms with van der Waals surface area (Å²) in [7, 11) is 0. The highest BCUT2D eigenvalue weighted by Crippen LogP contribution is 2.23. The summed E-state index contributed by atoms with van der Waals surface area (Å²) in [6.07, 6.45) is 1.43. The molecular formula is C18H19ClN4O2. The Morgan fingerprint density at radius 3 is 2.52 bits per heavy atom. The van der Waals surface area contributed by atoms with Crippen LogP contribution < -0.4 is 16.1 Å². The third-order valence-corrected chi connectivity index (χ3v) is 3.49. The predicted molar refractivity (Wildman–Crippen MR) is 100 cm³/mol. The van der Waals surface area contributed by atoms with E-state index in [-0.39, 0.29) is 0 Å². The Hall–Kier alpha value is -2.86. The summed E-state index contributed by atoms with van der Waals surface area (Å²) in [6.45, 7) is 4.11. The average Bonchev–Trinajstić information content (AvgIpc) is 2.59. The molecule has 130 valence electrons. The highest BCUT2D eigenvalue weighted by Gasteiger charge is 2.10. The van der Waals surface area contributed by atoms with Crippen LogP contribution >= 0.6 is 11.6 Å². The average molecular weight is 359 g/mol. The second-order valence-electron chi connectivity index (χ2n) is 5.28. The summed E-state index contributed by atoms with van der Waals surface area (Å²) in [5, 5.41) is 10.0. The number of hydrogen-bond donors (Lipinski definition) is 3. The van der Waals surface area contributed by atoms with E-state index in [2.05, 4.69) is 21.2 Å². The fraction of sp³-hybridized carbons (Fsp3) is 0.167. The van der Waals surface area contributed by atoms with Crippen LogP contribution in [0.15, 0.2) is 47.6 Å². The normalized spacial score (nSPS) is 10.5. The van der Waals surface area contributed by atoms with E-state index in [1.165, 1.54) is 6.21 Å². The second kappa shape index (κ2) is 8.84. The monoisotopic (exact) mass is 358 g/mol. The van der Waals surface area contributed by atoms with Crippen LogP contribution in [0.25, 0.3) is 0 Å². The lowest BCUT2D eigenvalue weighted by Crippen LogP contribution is -2.37. The Morgan fingerprint density at radius 1 is 1.12 bits per heavy atom. The van der Waals surface area contributed by atoms with E-state index < -0.39 is 11.8 Å². The number of hydrogen-bond acceptors (Lipinski definition) is 4. The van der Waals surface area contributed by atoms with Crippen molar-refractivity contribution in [1.82, 2.24) is 10.7 Å². The summed E-state index contributed by atoms with van der Waals surface area (Å²) in [5.74, 6) is -1.56. The van der Waals surface area contributed by atoms with Crippen LogP contribution in [0, 0.1) is 6.92 Å². The van der Waals surface area contributed by atoms with Gasteiger partial charge in [-0.15, -0.1) is 0 Å². The number of amides is 2. The summed E-state index contributed by atoms with van der Waals surface area (Å²) in [6, 6.07) is 13.2. The molecule has 2 rings (SSSR count). The zero-order valence-corrected chi connectivity index (χ0v) is 14.7. The molecule has 0 saturated heterocycles. The van der Waals surface area contributed by atoms with E-state index in [4.69, 9.17) is 11.6 Å². The van der Waals surface area contributed by atoms with E-state index in [9.17, 15) is 9.59 Å². The first-order valence-corrected chi connectivity index (χ1v) is 8.12. The number of anilines is 2. The molecule has 0 radical (unpaired) electrons. The maximum Gasteiger partial charge on any atom is 0.329 e. The second-order valence-corrected chi connectivity index (χ2v) is 5.72. The molecule has 2 aromatic carbocycles. The van der Waals surface area contributed by atoms with Crippen molar-refractivity contribution >= 4 is 41.0 Å². The van der Waals surface area contributed by atoms with Crippen molar-refractivity contribution in [3.63, 3.8) is 0 Å². The first kappa shape index (κ1) is 18.5. The Labute approximate surface area is 151 Å². The van der Waals surface area contributed by atoms with Crippen molar-refractivity contribution in [3.05, 3.63) is 58.6 Å². The Morgan fingerprint density at radius 2 is 1.84 bits per heavy atom. The van der Waals surface area contributed by atoms with Gasteiger partial charge in [0.1, 0.15) is 0 Å². The standard InChI is InChI=1S/C18H19ClN4O2/c1-3-20-17(24)18(25)23-21-11-13-10-14(19)6-9-16(13)22-15-7-4-12(2)5-8-15/h4-11,22H,3H2,1-2H3,(H,20,24)(H,23,25)/b21-11-. The molecule has 6 nitrogen and oxygen atoms in total. The molecule has 3 N–H and O–H groups in total. The van der Waals surface area contributed by atoms with Crippen molar-refractivity contribution in [2.75, 3.05) is 11.9 Å². The molecule has 0 saturated carbocycles. The molecule has 0 spiro atoms. The molecule has 7 heteroatoms. The highest BCUT2D eigenvalue weighted by molar-refractivity contribution is 6.35. The minimum atomic E-state index is -0.826. The minimum Gasteiger partial charge on any atom is -0.355 e. The zero-order chi connectivity index (χ0) is 18.2. The van der Waals surface area contributed by atoms with Gasteiger partial charge in [-0.1, -0.05) is 29.3 Å². The number of rotatable bonds is 5. The predicted octanol–water partition coefficient (Wildman–Crippen LogP) is 2.98. The maximum atomic E-state index is 11.5. The van der Waals surface area contributed by atoms with Crippen molar-refractivity contribution in [2.24, 2.45) is 5.10 Å². The van der Waals surface area contributed by atoms with Gasteiger partial charge in [-0.3, -0.25) is 9.59 Å². The number of halogens is 1. The lowest BCUT2D eigenvalue weighted by atomic mass is 10.1. The van der Waals surface area contributed by atoms with E-state index in [0.717, 1.165) is 16.9 Å². The highest BCUT2D eigenvalue weighted by atomic mass is 35.5. The number of nitrogens with zero attached hydrogens (tertiary/aromatic N) is 1. The smallest absolute Gasteiger partial charge is 0.329 e. The lowest BCUT2D eigenvalue weighted by molar-refractivity contribution is -0.139. The largest absolute Gasteiger partial charge is 0.355 e. The number of carbonyl (C=O) groups excluding carboxylic acids is 2. The van der Waals surface area contributed by atoms with Gasteiger partial charge in [-0.2, -0.15) is 5.10 Å². The number of aryl methyl sites for hydroxylation is 1. The first-order valence-electron chi connectivity index (χ1n) is 7.74. The van der Waals surface area contributed by atoms with Crippen molar-refractivity contribution in [2.45, 2.75) is 13.8 Å². The van der Waals surface area contributed by atoms with Crippen molar-refractivity contribution < 1.29 is 9.59 Å². The minimum absolute atomic E-state index is 0.370. The van der Waals surface area contributed by atoms with Crippen LogP contribution in [-0.2, 0) is 9.59 Å². The van der Waals surface area contributed by atoms with Crippen LogP contribution in [0.1, 0.15) is 18.1 Å². The van der Waals surface area contributed by atoms with Crippen LogP contribution in [0.3, 0.4) is 0 Å². The summed E-state index contributed by atoms with van der Waals surface area (Å²) in [5.41, 5.74) is 5.69. The van der Waals surface area contributed by atoms with Crippen LogP contribution in [0.4, 0.5) is 11.4 Å². The molecule has 2 aromatic rings. The van der Waals surface area contributed by atoms with E-state index in [1.54, 1.807) is 19.1 Å². The van der Waals surface area contributed by atoms with Gasteiger partial charge in [-0.25, -0.2) is 5.43 Å². The first-order chi connectivity index (χ1) is 12.0. The number of carbonyl (C=O) groups is 2. The summed E-state index contributed by atoms with van der Waals surface area (Å²) < 4.78 is 0. The lowest BCUT2D eigenvalue weighted by Gasteiger charge is -2.10. The van der Waals surface area contributed by atoms with Gasteiger partial charge in [0.05, 0.1) is 6.21 Å². The maximum absolute atomic E-state index is 11.5. The van der Waals surface area contributed by atoms with Crippen molar-refractivity contribution in [1.29, 1.82) is 0 Å². The van der Waals surface area contributed by atoms with Gasteiger partial charge >= 0.3 is 11.8 Å². The van der Waals surface area contributed by atoms with Gasteiger partial charge in [0.2, 0.25) is 0 Å². The van der Waals surface area contributed by atoms with Gasteiger partial charge in [0.25, 0.3) is 0 Å². The zero-order valence-electron chi connectivity index (χ0n) is 14.0. The molecule has 0 bridgehead atoms. The molecule has 0 aliphatic carbocycles. The molecule has 0 atom stereocenters. The molecule has 25 heavy (non-hydrogen) atoms. The molecule has 2 amide bonds. The molecular weight excluding hydrogens is 340 g/mol. The molecule has 0 aliphatic heterocycles. The topological polar surface area (TPSA) is 82.6 Å². The summed E-state index contributed by atoms with van der Waals surface area (Å²) in [4.78, 5) is 22.9. The number of likely N-dealkylation sites (N-methyl/N-ethyl adjacent to an activating group) is 1. The Balaban J connectivity index is 2.12. The quantitative estimate of drug-likeness (QED) is 0.436.